The number of halogens is 4. The van der Waals surface area contributed by atoms with Gasteiger partial charge in [-0.25, -0.2) is 4.99 Å². The van der Waals surface area contributed by atoms with Crippen molar-refractivity contribution in [2.24, 2.45) is 4.99 Å². The summed E-state index contributed by atoms with van der Waals surface area (Å²) in [6.45, 7) is 5.00. The van der Waals surface area contributed by atoms with Gasteiger partial charge >= 0.3 is 6.18 Å². The van der Waals surface area contributed by atoms with Gasteiger partial charge in [-0.15, -0.1) is 24.0 Å². The van der Waals surface area contributed by atoms with Crippen molar-refractivity contribution in [3.63, 3.8) is 0 Å². The van der Waals surface area contributed by atoms with Crippen LogP contribution in [0.15, 0.2) is 23.2 Å². The molecule has 0 aliphatic heterocycles. The number of nitrogens with zero attached hydrogens (tertiary/aromatic N) is 1. The van der Waals surface area contributed by atoms with E-state index in [4.69, 9.17) is 4.74 Å². The fraction of sp³-hybridized carbons (Fsp3) is 0.500. The smallest absolute Gasteiger partial charge is 0.416 e. The molecule has 8 heteroatoms. The third kappa shape index (κ3) is 6.29. The van der Waals surface area contributed by atoms with E-state index in [1.165, 1.54) is 19.2 Å². The fourth-order valence-electron chi connectivity index (χ4n) is 1.76. The molecular weight excluding hydrogens is 410 g/mol. The van der Waals surface area contributed by atoms with Crippen LogP contribution in [0.1, 0.15) is 25.0 Å². The van der Waals surface area contributed by atoms with E-state index >= 15 is 0 Å². The first-order valence-corrected chi connectivity index (χ1v) is 6.68. The van der Waals surface area contributed by atoms with E-state index in [0.717, 1.165) is 6.07 Å². The highest BCUT2D eigenvalue weighted by atomic mass is 127. The van der Waals surface area contributed by atoms with Crippen molar-refractivity contribution in [3.05, 3.63) is 29.3 Å². The zero-order valence-electron chi connectivity index (χ0n) is 12.8. The van der Waals surface area contributed by atoms with Crippen molar-refractivity contribution in [1.29, 1.82) is 0 Å². The van der Waals surface area contributed by atoms with Gasteiger partial charge < -0.3 is 15.4 Å². The van der Waals surface area contributed by atoms with Gasteiger partial charge in [-0.3, -0.25) is 0 Å². The van der Waals surface area contributed by atoms with Crippen molar-refractivity contribution >= 4 is 29.9 Å². The van der Waals surface area contributed by atoms with Crippen molar-refractivity contribution in [2.75, 3.05) is 20.2 Å². The Bertz CT molecular complexity index is 485. The van der Waals surface area contributed by atoms with Crippen LogP contribution in [0.2, 0.25) is 0 Å². The Hall–Kier alpha value is -1.19. The Labute approximate surface area is 145 Å². The summed E-state index contributed by atoms with van der Waals surface area (Å²) in [7, 11) is 1.34. The maximum atomic E-state index is 13.0. The molecule has 1 rings (SSSR count). The van der Waals surface area contributed by atoms with Crippen LogP contribution in [-0.2, 0) is 12.7 Å². The molecule has 0 bridgehead atoms. The zero-order chi connectivity index (χ0) is 15.9. The maximum Gasteiger partial charge on any atom is 0.416 e. The summed E-state index contributed by atoms with van der Waals surface area (Å²) < 4.78 is 44.0. The SMILES string of the molecule is CCNC(=NCc1ccc(OC)cc1C(F)(F)F)NCC.I. The van der Waals surface area contributed by atoms with E-state index in [2.05, 4.69) is 15.6 Å². The molecule has 0 saturated heterocycles. The van der Waals surface area contributed by atoms with Gasteiger partial charge in [0.2, 0.25) is 0 Å². The van der Waals surface area contributed by atoms with E-state index in [-0.39, 0.29) is 41.8 Å². The third-order valence-corrected chi connectivity index (χ3v) is 2.72. The number of hydrogen-bond acceptors (Lipinski definition) is 2. The van der Waals surface area contributed by atoms with Gasteiger partial charge in [0, 0.05) is 13.1 Å². The third-order valence-electron chi connectivity index (χ3n) is 2.72. The standard InChI is InChI=1S/C14H20F3N3O.HI/c1-4-18-13(19-5-2)20-9-10-6-7-11(21-3)8-12(10)14(15,16)17;/h6-8H,4-5,9H2,1-3H3,(H2,18,19,20);1H. The number of alkyl halides is 3. The first-order chi connectivity index (χ1) is 9.92. The number of guanidine groups is 1. The highest BCUT2D eigenvalue weighted by molar-refractivity contribution is 14.0. The molecule has 0 heterocycles. The minimum absolute atomic E-state index is 0. The molecule has 1 aromatic rings. The lowest BCUT2D eigenvalue weighted by molar-refractivity contribution is -0.138. The van der Waals surface area contributed by atoms with Crippen molar-refractivity contribution in [2.45, 2.75) is 26.6 Å². The Morgan fingerprint density at radius 3 is 2.23 bits per heavy atom. The molecule has 0 aliphatic rings. The van der Waals surface area contributed by atoms with Crippen LogP contribution in [0.5, 0.6) is 5.75 Å². The predicted octanol–water partition coefficient (Wildman–Crippen LogP) is 3.41. The summed E-state index contributed by atoms with van der Waals surface area (Å²) in [6, 6.07) is 3.88. The molecule has 0 saturated carbocycles. The van der Waals surface area contributed by atoms with Crippen molar-refractivity contribution in [1.82, 2.24) is 10.6 Å². The number of aliphatic imine (C=N–C) groups is 1. The molecule has 2 N–H and O–H groups in total. The molecule has 0 amide bonds. The number of ether oxygens (including phenoxy) is 1. The first-order valence-electron chi connectivity index (χ1n) is 6.68. The second kappa shape index (κ2) is 9.75. The van der Waals surface area contributed by atoms with Gasteiger partial charge in [-0.05, 0) is 31.5 Å². The molecule has 0 aliphatic carbocycles. The Balaban J connectivity index is 0.00000441. The lowest BCUT2D eigenvalue weighted by atomic mass is 10.1. The first kappa shape index (κ1) is 20.8. The van der Waals surface area contributed by atoms with Gasteiger partial charge in [0.05, 0.1) is 19.2 Å². The predicted molar refractivity (Wildman–Crippen MR) is 91.9 cm³/mol. The molecular formula is C14H21F3IN3O. The summed E-state index contributed by atoms with van der Waals surface area (Å²) in [6.07, 6.45) is -4.43. The highest BCUT2D eigenvalue weighted by Crippen LogP contribution is 2.34. The van der Waals surface area contributed by atoms with Gasteiger partial charge in [-0.2, -0.15) is 13.2 Å². The molecule has 4 nitrogen and oxygen atoms in total. The van der Waals surface area contributed by atoms with Crippen molar-refractivity contribution < 1.29 is 17.9 Å². The largest absolute Gasteiger partial charge is 0.497 e. The lowest BCUT2D eigenvalue weighted by Gasteiger charge is -2.14. The second-order valence-electron chi connectivity index (χ2n) is 4.25. The van der Waals surface area contributed by atoms with E-state index < -0.39 is 11.7 Å². The van der Waals surface area contributed by atoms with E-state index in [0.29, 0.717) is 19.0 Å². The summed E-state index contributed by atoms with van der Waals surface area (Å²) in [5, 5.41) is 5.93. The summed E-state index contributed by atoms with van der Waals surface area (Å²) in [4.78, 5) is 4.16. The monoisotopic (exact) mass is 431 g/mol. The molecule has 0 atom stereocenters. The second-order valence-corrected chi connectivity index (χ2v) is 4.25. The average Bonchev–Trinajstić information content (AvgIpc) is 2.44. The summed E-state index contributed by atoms with van der Waals surface area (Å²) >= 11 is 0. The van der Waals surface area contributed by atoms with Crippen molar-refractivity contribution in [3.8, 4) is 5.75 Å². The number of methoxy groups -OCH3 is 1. The molecule has 0 radical (unpaired) electrons. The number of rotatable bonds is 5. The van der Waals surface area contributed by atoms with E-state index in [1.807, 2.05) is 13.8 Å². The Morgan fingerprint density at radius 1 is 1.18 bits per heavy atom. The van der Waals surface area contributed by atoms with Crippen LogP contribution in [0.25, 0.3) is 0 Å². The van der Waals surface area contributed by atoms with Gasteiger partial charge in [-0.1, -0.05) is 6.07 Å². The van der Waals surface area contributed by atoms with E-state index in [9.17, 15) is 13.2 Å². The van der Waals surface area contributed by atoms with E-state index in [1.54, 1.807) is 0 Å². The fourth-order valence-corrected chi connectivity index (χ4v) is 1.76. The van der Waals surface area contributed by atoms with Crippen LogP contribution >= 0.6 is 24.0 Å². The molecule has 0 fully saturated rings. The van der Waals surface area contributed by atoms with Crippen LogP contribution in [-0.4, -0.2) is 26.2 Å². The summed E-state index contributed by atoms with van der Waals surface area (Å²) in [5.74, 6) is 0.664. The molecule has 0 spiro atoms. The normalized spacial score (nSPS) is 10.5. The Morgan fingerprint density at radius 2 is 1.77 bits per heavy atom. The number of hydrogen-bond donors (Lipinski definition) is 2. The maximum absolute atomic E-state index is 13.0. The Kier molecular flexibility index (Phi) is 9.22. The van der Waals surface area contributed by atoms with Gasteiger partial charge in [0.15, 0.2) is 5.96 Å². The number of nitrogens with one attached hydrogen (secondary N) is 2. The molecule has 1 aromatic carbocycles. The highest BCUT2D eigenvalue weighted by Gasteiger charge is 2.33. The van der Waals surface area contributed by atoms with Crippen LogP contribution < -0.4 is 15.4 Å². The molecule has 0 unspecified atom stereocenters. The van der Waals surface area contributed by atoms with Gasteiger partial charge in [0.1, 0.15) is 5.75 Å². The average molecular weight is 431 g/mol. The van der Waals surface area contributed by atoms with Gasteiger partial charge in [0.25, 0.3) is 0 Å². The summed E-state index contributed by atoms with van der Waals surface area (Å²) in [5.41, 5.74) is -0.616. The lowest BCUT2D eigenvalue weighted by Crippen LogP contribution is -2.37. The molecule has 0 aromatic heterocycles. The minimum atomic E-state index is -4.43. The van der Waals surface area contributed by atoms with Crippen LogP contribution in [0, 0.1) is 0 Å². The molecule has 22 heavy (non-hydrogen) atoms. The topological polar surface area (TPSA) is 45.7 Å². The molecule has 126 valence electrons. The van der Waals surface area contributed by atoms with Crippen LogP contribution in [0.3, 0.4) is 0 Å². The zero-order valence-corrected chi connectivity index (χ0v) is 15.1. The minimum Gasteiger partial charge on any atom is -0.497 e. The quantitative estimate of drug-likeness (QED) is 0.427. The number of benzene rings is 1. The van der Waals surface area contributed by atoms with Crippen LogP contribution in [0.4, 0.5) is 13.2 Å².